The van der Waals surface area contributed by atoms with Crippen molar-refractivity contribution in [2.45, 2.75) is 6.54 Å². The Morgan fingerprint density at radius 1 is 0.917 bits per heavy atom. The van der Waals surface area contributed by atoms with Crippen molar-refractivity contribution < 1.29 is 14.3 Å². The minimum Gasteiger partial charge on any atom is -0.481 e. The van der Waals surface area contributed by atoms with Crippen molar-refractivity contribution in [2.75, 3.05) is 12.5 Å². The molecule has 0 aromatic heterocycles. The molecule has 2 aromatic carbocycles. The summed E-state index contributed by atoms with van der Waals surface area (Å²) in [6.07, 6.45) is 0. The number of amides is 2. The SMILES string of the molecule is O=C1c2ccccc2C(=O)N1Cc1ccc(OCC#CCCl)cc1. The molecule has 4 nitrogen and oxygen atoms in total. The molecular weight excluding hydrogens is 326 g/mol. The molecule has 0 radical (unpaired) electrons. The van der Waals surface area contributed by atoms with Gasteiger partial charge in [-0.1, -0.05) is 36.1 Å². The minimum atomic E-state index is -0.257. The third kappa shape index (κ3) is 3.27. The van der Waals surface area contributed by atoms with Crippen LogP contribution in [0.1, 0.15) is 26.3 Å². The summed E-state index contributed by atoms with van der Waals surface area (Å²) < 4.78 is 5.45. The fourth-order valence-corrected chi connectivity index (χ4v) is 2.57. The number of rotatable bonds is 4. The first-order chi connectivity index (χ1) is 11.7. The highest BCUT2D eigenvalue weighted by atomic mass is 35.5. The quantitative estimate of drug-likeness (QED) is 0.488. The normalized spacial score (nSPS) is 12.6. The number of halogens is 1. The van der Waals surface area contributed by atoms with Gasteiger partial charge in [-0.3, -0.25) is 14.5 Å². The predicted molar refractivity (Wildman–Crippen MR) is 91.1 cm³/mol. The van der Waals surface area contributed by atoms with Crippen molar-refractivity contribution in [3.63, 3.8) is 0 Å². The van der Waals surface area contributed by atoms with Crippen LogP contribution in [0.15, 0.2) is 48.5 Å². The molecular formula is C19H14ClNO3. The van der Waals surface area contributed by atoms with Crippen molar-refractivity contribution in [2.24, 2.45) is 0 Å². The Bertz CT molecular complexity index is 799. The number of imide groups is 1. The van der Waals surface area contributed by atoms with Crippen LogP contribution in [-0.2, 0) is 6.54 Å². The number of hydrogen-bond donors (Lipinski definition) is 0. The van der Waals surface area contributed by atoms with E-state index in [9.17, 15) is 9.59 Å². The van der Waals surface area contributed by atoms with Crippen LogP contribution in [0.2, 0.25) is 0 Å². The standard InChI is InChI=1S/C19H14ClNO3/c20-11-3-4-12-24-15-9-7-14(8-10-15)13-21-18(22)16-5-1-2-6-17(16)19(21)23/h1-2,5-10H,11-13H2. The molecule has 2 amide bonds. The van der Waals surface area contributed by atoms with Crippen LogP contribution < -0.4 is 4.74 Å². The zero-order valence-electron chi connectivity index (χ0n) is 12.8. The Kier molecular flexibility index (Phi) is 4.83. The molecule has 2 aromatic rings. The minimum absolute atomic E-state index is 0.235. The van der Waals surface area contributed by atoms with Gasteiger partial charge < -0.3 is 4.74 Å². The summed E-state index contributed by atoms with van der Waals surface area (Å²) in [7, 11) is 0. The lowest BCUT2D eigenvalue weighted by Crippen LogP contribution is -2.29. The number of fused-ring (bicyclic) bond motifs is 1. The van der Waals surface area contributed by atoms with Crippen LogP contribution >= 0.6 is 11.6 Å². The van der Waals surface area contributed by atoms with E-state index < -0.39 is 0 Å². The van der Waals surface area contributed by atoms with E-state index in [1.807, 2.05) is 12.1 Å². The summed E-state index contributed by atoms with van der Waals surface area (Å²) in [5, 5.41) is 0. The highest BCUT2D eigenvalue weighted by molar-refractivity contribution is 6.21. The molecule has 0 bridgehead atoms. The fourth-order valence-electron chi connectivity index (χ4n) is 2.47. The van der Waals surface area contributed by atoms with E-state index in [0.29, 0.717) is 16.9 Å². The van der Waals surface area contributed by atoms with Gasteiger partial charge in [-0.15, -0.1) is 11.6 Å². The van der Waals surface area contributed by atoms with Crippen molar-refractivity contribution >= 4 is 23.4 Å². The lowest BCUT2D eigenvalue weighted by atomic mass is 10.1. The monoisotopic (exact) mass is 339 g/mol. The van der Waals surface area contributed by atoms with Gasteiger partial charge in [0.25, 0.3) is 11.8 Å². The van der Waals surface area contributed by atoms with E-state index >= 15 is 0 Å². The molecule has 24 heavy (non-hydrogen) atoms. The summed E-state index contributed by atoms with van der Waals surface area (Å²) in [5.74, 6) is 5.92. The smallest absolute Gasteiger partial charge is 0.261 e. The maximum atomic E-state index is 12.3. The molecule has 0 fully saturated rings. The van der Waals surface area contributed by atoms with Crippen LogP contribution in [0.5, 0.6) is 5.75 Å². The molecule has 0 saturated heterocycles. The average Bonchev–Trinajstić information content (AvgIpc) is 2.85. The summed E-state index contributed by atoms with van der Waals surface area (Å²) in [6, 6.07) is 14.1. The van der Waals surface area contributed by atoms with Crippen molar-refractivity contribution in [3.8, 4) is 17.6 Å². The summed E-state index contributed by atoms with van der Waals surface area (Å²) in [4.78, 5) is 25.9. The third-order valence-corrected chi connectivity index (χ3v) is 3.78. The highest BCUT2D eigenvalue weighted by Crippen LogP contribution is 2.24. The van der Waals surface area contributed by atoms with Gasteiger partial charge in [-0.2, -0.15) is 0 Å². The summed E-state index contributed by atoms with van der Waals surface area (Å²) in [5.41, 5.74) is 1.77. The Morgan fingerprint density at radius 3 is 2.12 bits per heavy atom. The number of hydrogen-bond acceptors (Lipinski definition) is 3. The first-order valence-electron chi connectivity index (χ1n) is 7.39. The number of nitrogens with zero attached hydrogens (tertiary/aromatic N) is 1. The molecule has 0 atom stereocenters. The zero-order chi connectivity index (χ0) is 16.9. The fraction of sp³-hybridized carbons (Fsp3) is 0.158. The molecule has 0 saturated carbocycles. The Morgan fingerprint density at radius 2 is 1.54 bits per heavy atom. The van der Waals surface area contributed by atoms with Gasteiger partial charge >= 0.3 is 0 Å². The van der Waals surface area contributed by atoms with E-state index in [-0.39, 0.29) is 30.8 Å². The van der Waals surface area contributed by atoms with E-state index in [4.69, 9.17) is 16.3 Å². The molecule has 1 heterocycles. The second kappa shape index (κ2) is 7.20. The van der Waals surface area contributed by atoms with Gasteiger partial charge in [0.05, 0.1) is 23.6 Å². The Balaban J connectivity index is 1.67. The average molecular weight is 340 g/mol. The second-order valence-corrected chi connectivity index (χ2v) is 5.43. The predicted octanol–water partition coefficient (Wildman–Crippen LogP) is 3.10. The van der Waals surface area contributed by atoms with E-state index in [1.54, 1.807) is 36.4 Å². The van der Waals surface area contributed by atoms with E-state index in [1.165, 1.54) is 4.90 Å². The van der Waals surface area contributed by atoms with E-state index in [0.717, 1.165) is 5.56 Å². The lowest BCUT2D eigenvalue weighted by molar-refractivity contribution is 0.0642. The molecule has 120 valence electrons. The third-order valence-electron chi connectivity index (χ3n) is 3.65. The number of ether oxygens (including phenoxy) is 1. The van der Waals surface area contributed by atoms with Gasteiger partial charge in [-0.05, 0) is 29.8 Å². The first-order valence-corrected chi connectivity index (χ1v) is 7.93. The number of alkyl halides is 1. The van der Waals surface area contributed by atoms with Crippen molar-refractivity contribution in [1.29, 1.82) is 0 Å². The van der Waals surface area contributed by atoms with Gasteiger partial charge in [0.15, 0.2) is 0 Å². The maximum absolute atomic E-state index is 12.3. The van der Waals surface area contributed by atoms with Gasteiger partial charge in [0.2, 0.25) is 0 Å². The van der Waals surface area contributed by atoms with Crippen LogP contribution in [0.3, 0.4) is 0 Å². The van der Waals surface area contributed by atoms with Crippen LogP contribution in [0.25, 0.3) is 0 Å². The van der Waals surface area contributed by atoms with Gasteiger partial charge in [-0.25, -0.2) is 0 Å². The van der Waals surface area contributed by atoms with E-state index in [2.05, 4.69) is 11.8 Å². The molecule has 0 N–H and O–H groups in total. The van der Waals surface area contributed by atoms with Crippen molar-refractivity contribution in [1.82, 2.24) is 4.90 Å². The summed E-state index contributed by atoms with van der Waals surface area (Å²) in [6.45, 7) is 0.503. The van der Waals surface area contributed by atoms with Gasteiger partial charge in [0, 0.05) is 0 Å². The molecule has 0 aliphatic carbocycles. The van der Waals surface area contributed by atoms with Crippen LogP contribution in [0.4, 0.5) is 0 Å². The number of benzene rings is 2. The van der Waals surface area contributed by atoms with Crippen LogP contribution in [0, 0.1) is 11.8 Å². The largest absolute Gasteiger partial charge is 0.481 e. The molecule has 5 heteroatoms. The Labute approximate surface area is 145 Å². The van der Waals surface area contributed by atoms with Crippen molar-refractivity contribution in [3.05, 3.63) is 65.2 Å². The zero-order valence-corrected chi connectivity index (χ0v) is 13.5. The lowest BCUT2D eigenvalue weighted by Gasteiger charge is -2.14. The molecule has 1 aliphatic rings. The molecule has 0 unspecified atom stereocenters. The Hall–Kier alpha value is -2.77. The first kappa shape index (κ1) is 16.1. The summed E-state index contributed by atoms with van der Waals surface area (Å²) >= 11 is 5.45. The molecule has 0 spiro atoms. The van der Waals surface area contributed by atoms with Crippen LogP contribution in [-0.4, -0.2) is 29.2 Å². The second-order valence-electron chi connectivity index (χ2n) is 5.16. The molecule has 3 rings (SSSR count). The number of carbonyl (C=O) groups is 2. The maximum Gasteiger partial charge on any atom is 0.261 e. The number of carbonyl (C=O) groups excluding carboxylic acids is 2. The highest BCUT2D eigenvalue weighted by Gasteiger charge is 2.34. The molecule has 1 aliphatic heterocycles. The van der Waals surface area contributed by atoms with Gasteiger partial charge in [0.1, 0.15) is 12.4 Å². The topological polar surface area (TPSA) is 46.6 Å².